The average molecular weight is 379 g/mol. The molecule has 3 heterocycles. The van der Waals surface area contributed by atoms with Crippen LogP contribution in [0.5, 0.6) is 5.75 Å². The van der Waals surface area contributed by atoms with Crippen LogP contribution in [0, 0.1) is 0 Å². The van der Waals surface area contributed by atoms with Gasteiger partial charge < -0.3 is 9.64 Å². The van der Waals surface area contributed by atoms with Crippen LogP contribution < -0.4 is 10.4 Å². The summed E-state index contributed by atoms with van der Waals surface area (Å²) in [6.07, 6.45) is 4.91. The number of aromatic amines is 1. The molecule has 0 aliphatic carbocycles. The fourth-order valence-corrected chi connectivity index (χ4v) is 3.72. The van der Waals surface area contributed by atoms with Crippen LogP contribution in [0.1, 0.15) is 30.3 Å². The SMILES string of the molecule is COc1ccc(-n2nc(C3CCCN(CCc4ccccn4)C3)[nH]c2=O)cc1. The number of H-pyrrole nitrogens is 1. The van der Waals surface area contributed by atoms with Gasteiger partial charge in [-0.25, -0.2) is 4.79 Å². The summed E-state index contributed by atoms with van der Waals surface area (Å²) in [6, 6.07) is 13.4. The van der Waals surface area contributed by atoms with E-state index in [0.29, 0.717) is 0 Å². The highest BCUT2D eigenvalue weighted by atomic mass is 16.5. The van der Waals surface area contributed by atoms with Gasteiger partial charge in [0.05, 0.1) is 12.8 Å². The number of rotatable bonds is 6. The van der Waals surface area contributed by atoms with Crippen molar-refractivity contribution in [2.75, 3.05) is 26.7 Å². The predicted molar refractivity (Wildman–Crippen MR) is 107 cm³/mol. The van der Waals surface area contributed by atoms with Gasteiger partial charge in [-0.05, 0) is 55.8 Å². The topological polar surface area (TPSA) is 76.0 Å². The Morgan fingerprint density at radius 2 is 2.07 bits per heavy atom. The Bertz CT molecular complexity index is 949. The summed E-state index contributed by atoms with van der Waals surface area (Å²) in [7, 11) is 1.62. The van der Waals surface area contributed by atoms with Crippen LogP contribution in [0.15, 0.2) is 53.5 Å². The molecule has 146 valence electrons. The van der Waals surface area contributed by atoms with Crippen molar-refractivity contribution in [3.8, 4) is 11.4 Å². The van der Waals surface area contributed by atoms with Crippen molar-refractivity contribution in [3.05, 3.63) is 70.7 Å². The van der Waals surface area contributed by atoms with Crippen molar-refractivity contribution in [1.29, 1.82) is 0 Å². The zero-order chi connectivity index (χ0) is 19.3. The van der Waals surface area contributed by atoms with E-state index in [9.17, 15) is 4.79 Å². The van der Waals surface area contributed by atoms with Crippen LogP contribution >= 0.6 is 0 Å². The molecule has 1 aliphatic heterocycles. The summed E-state index contributed by atoms with van der Waals surface area (Å²) >= 11 is 0. The molecule has 3 aromatic rings. The minimum absolute atomic E-state index is 0.203. The molecule has 0 bridgehead atoms. The molecule has 0 amide bonds. The second-order valence-electron chi connectivity index (χ2n) is 7.14. The van der Waals surface area contributed by atoms with Gasteiger partial charge >= 0.3 is 5.69 Å². The van der Waals surface area contributed by atoms with Gasteiger partial charge in [0.25, 0.3) is 0 Å². The predicted octanol–water partition coefficient (Wildman–Crippen LogP) is 2.39. The number of piperidine rings is 1. The minimum atomic E-state index is -0.203. The second-order valence-corrected chi connectivity index (χ2v) is 7.14. The van der Waals surface area contributed by atoms with Gasteiger partial charge in [0.15, 0.2) is 0 Å². The molecule has 1 saturated heterocycles. The molecular formula is C21H25N5O2. The summed E-state index contributed by atoms with van der Waals surface area (Å²) in [5.41, 5.74) is 1.64. The monoisotopic (exact) mass is 379 g/mol. The quantitative estimate of drug-likeness (QED) is 0.712. The molecule has 1 unspecified atom stereocenters. The third-order valence-electron chi connectivity index (χ3n) is 5.25. The highest BCUT2D eigenvalue weighted by Gasteiger charge is 2.24. The molecule has 0 radical (unpaired) electrons. The molecule has 4 rings (SSSR count). The smallest absolute Gasteiger partial charge is 0.348 e. The number of hydrogen-bond donors (Lipinski definition) is 1. The number of aromatic nitrogens is 4. The highest BCUT2D eigenvalue weighted by Crippen LogP contribution is 2.24. The first-order valence-electron chi connectivity index (χ1n) is 9.69. The number of pyridine rings is 1. The van der Waals surface area contributed by atoms with Crippen LogP contribution in [0.4, 0.5) is 0 Å². The van der Waals surface area contributed by atoms with E-state index in [4.69, 9.17) is 4.74 Å². The summed E-state index contributed by atoms with van der Waals surface area (Å²) in [5, 5.41) is 4.58. The van der Waals surface area contributed by atoms with Crippen LogP contribution in [0.25, 0.3) is 5.69 Å². The molecule has 1 N–H and O–H groups in total. The van der Waals surface area contributed by atoms with Gasteiger partial charge in [-0.3, -0.25) is 9.97 Å². The first-order valence-corrected chi connectivity index (χ1v) is 9.69. The lowest BCUT2D eigenvalue weighted by atomic mass is 9.97. The van der Waals surface area contributed by atoms with Crippen LogP contribution in [-0.2, 0) is 6.42 Å². The zero-order valence-electron chi connectivity index (χ0n) is 16.0. The lowest BCUT2D eigenvalue weighted by Gasteiger charge is -2.31. The Morgan fingerprint density at radius 3 is 2.82 bits per heavy atom. The normalized spacial score (nSPS) is 17.5. The highest BCUT2D eigenvalue weighted by molar-refractivity contribution is 5.36. The fraction of sp³-hybridized carbons (Fsp3) is 0.381. The molecule has 1 aliphatic rings. The molecule has 7 heteroatoms. The van der Waals surface area contributed by atoms with Gasteiger partial charge in [0.1, 0.15) is 11.6 Å². The Kier molecular flexibility index (Phi) is 5.53. The van der Waals surface area contributed by atoms with Gasteiger partial charge in [0, 0.05) is 37.3 Å². The molecule has 0 spiro atoms. The lowest BCUT2D eigenvalue weighted by Crippen LogP contribution is -2.36. The number of ether oxygens (including phenoxy) is 1. The van der Waals surface area contributed by atoms with Gasteiger partial charge in [-0.2, -0.15) is 4.68 Å². The average Bonchev–Trinajstić information content (AvgIpc) is 3.15. The maximum atomic E-state index is 12.4. The van der Waals surface area contributed by atoms with Gasteiger partial charge in [-0.15, -0.1) is 5.10 Å². The number of methoxy groups -OCH3 is 1. The zero-order valence-corrected chi connectivity index (χ0v) is 16.0. The number of nitrogens with one attached hydrogen (secondary N) is 1. The van der Waals surface area contributed by atoms with E-state index in [1.54, 1.807) is 7.11 Å². The van der Waals surface area contributed by atoms with Crippen molar-refractivity contribution in [3.63, 3.8) is 0 Å². The third-order valence-corrected chi connectivity index (χ3v) is 5.25. The fourth-order valence-electron chi connectivity index (χ4n) is 3.72. The molecule has 7 nitrogen and oxygen atoms in total. The Balaban J connectivity index is 1.44. The van der Waals surface area contributed by atoms with Crippen molar-refractivity contribution in [1.82, 2.24) is 24.6 Å². The number of hydrogen-bond acceptors (Lipinski definition) is 5. The van der Waals surface area contributed by atoms with Gasteiger partial charge in [-0.1, -0.05) is 6.07 Å². The molecule has 1 aromatic carbocycles. The molecule has 2 aromatic heterocycles. The maximum absolute atomic E-state index is 12.4. The Labute approximate surface area is 164 Å². The van der Waals surface area contributed by atoms with Crippen molar-refractivity contribution in [2.24, 2.45) is 0 Å². The molecular weight excluding hydrogens is 354 g/mol. The van der Waals surface area contributed by atoms with Crippen molar-refractivity contribution < 1.29 is 4.74 Å². The summed E-state index contributed by atoms with van der Waals surface area (Å²) < 4.78 is 6.61. The van der Waals surface area contributed by atoms with E-state index < -0.39 is 0 Å². The Morgan fingerprint density at radius 1 is 1.21 bits per heavy atom. The van der Waals surface area contributed by atoms with Crippen molar-refractivity contribution >= 4 is 0 Å². The lowest BCUT2D eigenvalue weighted by molar-refractivity contribution is 0.206. The number of benzene rings is 1. The van der Waals surface area contributed by atoms with E-state index in [1.165, 1.54) is 4.68 Å². The standard InChI is InChI=1S/C21H25N5O2/c1-28-19-9-7-18(8-10-19)26-21(27)23-20(24-26)16-5-4-13-25(15-16)14-11-17-6-2-3-12-22-17/h2-3,6-10,12,16H,4-5,11,13-15H2,1H3,(H,23,24,27). The Hall–Kier alpha value is -2.93. The molecule has 1 fully saturated rings. The largest absolute Gasteiger partial charge is 0.497 e. The summed E-state index contributed by atoms with van der Waals surface area (Å²) in [5.74, 6) is 1.76. The van der Waals surface area contributed by atoms with Crippen LogP contribution in [0.2, 0.25) is 0 Å². The third kappa shape index (κ3) is 4.14. The summed E-state index contributed by atoms with van der Waals surface area (Å²) in [4.78, 5) is 22.2. The van der Waals surface area contributed by atoms with Gasteiger partial charge in [0.2, 0.25) is 0 Å². The van der Waals surface area contributed by atoms with E-state index >= 15 is 0 Å². The molecule has 28 heavy (non-hydrogen) atoms. The second kappa shape index (κ2) is 8.39. The maximum Gasteiger partial charge on any atom is 0.348 e. The van der Waals surface area contributed by atoms with Crippen LogP contribution in [0.3, 0.4) is 0 Å². The van der Waals surface area contributed by atoms with E-state index in [0.717, 1.165) is 61.9 Å². The first-order chi connectivity index (χ1) is 13.7. The van der Waals surface area contributed by atoms with E-state index in [1.807, 2.05) is 42.6 Å². The number of nitrogens with zero attached hydrogens (tertiary/aromatic N) is 4. The summed E-state index contributed by atoms with van der Waals surface area (Å²) in [6.45, 7) is 2.95. The van der Waals surface area contributed by atoms with Crippen LogP contribution in [-0.4, -0.2) is 51.4 Å². The van der Waals surface area contributed by atoms with E-state index in [2.05, 4.69) is 26.0 Å². The van der Waals surface area contributed by atoms with Crippen molar-refractivity contribution in [2.45, 2.75) is 25.2 Å². The minimum Gasteiger partial charge on any atom is -0.497 e. The molecule has 0 saturated carbocycles. The number of likely N-dealkylation sites (tertiary alicyclic amines) is 1. The first kappa shape index (κ1) is 18.4. The molecule has 1 atom stereocenters. The van der Waals surface area contributed by atoms with E-state index in [-0.39, 0.29) is 11.6 Å².